The molecule has 0 aliphatic rings. The van der Waals surface area contributed by atoms with Crippen LogP contribution in [-0.2, 0) is 42.9 Å². The van der Waals surface area contributed by atoms with Crippen LogP contribution in [-0.4, -0.2) is 56.1 Å². The van der Waals surface area contributed by atoms with Crippen LogP contribution in [0.25, 0.3) is 0 Å². The quantitative estimate of drug-likeness (QED) is 0.0312. The molecule has 0 aromatic carbocycles. The monoisotopic (exact) mass is 751 g/mol. The van der Waals surface area contributed by atoms with Gasteiger partial charge in [-0.15, -0.1) is 0 Å². The molecule has 9 heteroatoms. The van der Waals surface area contributed by atoms with E-state index in [2.05, 4.69) is 70.6 Å². The molecule has 0 heterocycles. The van der Waals surface area contributed by atoms with E-state index < -0.39 is 11.8 Å². The van der Waals surface area contributed by atoms with E-state index in [9.17, 15) is 24.0 Å². The van der Waals surface area contributed by atoms with Gasteiger partial charge in [0, 0.05) is 26.2 Å². The number of ether oxygens (including phenoxy) is 4. The molecule has 0 N–H and O–H groups in total. The topological polar surface area (TPSA) is 122 Å². The molecular formula is C44H78O9. The van der Waals surface area contributed by atoms with E-state index >= 15 is 0 Å². The second-order valence-corrected chi connectivity index (χ2v) is 11.2. The third kappa shape index (κ3) is 67.0. The summed E-state index contributed by atoms with van der Waals surface area (Å²) >= 11 is 0. The Morgan fingerprint density at radius 1 is 0.453 bits per heavy atom. The van der Waals surface area contributed by atoms with Gasteiger partial charge in [-0.2, -0.15) is 0 Å². The van der Waals surface area contributed by atoms with E-state index in [4.69, 9.17) is 14.2 Å². The Balaban J connectivity index is -0.000000184. The second-order valence-electron chi connectivity index (χ2n) is 11.2. The summed E-state index contributed by atoms with van der Waals surface area (Å²) in [5, 5.41) is 0. The molecule has 0 radical (unpaired) electrons. The number of hydrogen-bond acceptors (Lipinski definition) is 9. The maximum absolute atomic E-state index is 11.0. The van der Waals surface area contributed by atoms with Gasteiger partial charge in [-0.05, 0) is 64.7 Å². The molecule has 53 heavy (non-hydrogen) atoms. The van der Waals surface area contributed by atoms with Gasteiger partial charge in [-0.1, -0.05) is 135 Å². The summed E-state index contributed by atoms with van der Waals surface area (Å²) in [6.07, 6.45) is 33.9. The van der Waals surface area contributed by atoms with Gasteiger partial charge in [0.1, 0.15) is 6.61 Å². The van der Waals surface area contributed by atoms with Crippen molar-refractivity contribution >= 4 is 29.7 Å². The smallest absolute Gasteiger partial charge is 0.374 e. The molecule has 0 aromatic heterocycles. The first kappa shape index (κ1) is 58.6. The average Bonchev–Trinajstić information content (AvgIpc) is 3.16. The standard InChI is InChI=1S/C11H20O2.C9H14O3.2C9H16O2.C6H12/c1-3-5-7-8-10-13-11(12)9-6-4-2;1-3-4-5-6-7-12-9(11)8(2)10;2*1-3-5-6-7-8-11-9(10)4-2;1-3-5-6-4-2/h5,7H,3-4,6,8-10H2,1-2H3;4-5H,3,6-7H2,1-2H3;6-7H,3-5,8H2,1-2H3;5-6H,3-4,7-8H2,1-2H3;3,5H,4,6H2,1-2H3/b7-5-;5-4-;7-6+;6-5-;5-3+. The fourth-order valence-electron chi connectivity index (χ4n) is 3.08. The van der Waals surface area contributed by atoms with Crippen LogP contribution in [0.15, 0.2) is 60.8 Å². The number of esters is 4. The molecule has 0 saturated heterocycles. The van der Waals surface area contributed by atoms with Crippen LogP contribution < -0.4 is 0 Å². The summed E-state index contributed by atoms with van der Waals surface area (Å²) < 4.78 is 19.3. The zero-order valence-corrected chi connectivity index (χ0v) is 35.4. The highest BCUT2D eigenvalue weighted by Crippen LogP contribution is 1.98. The normalized spacial score (nSPS) is 10.4. The summed E-state index contributed by atoms with van der Waals surface area (Å²) in [6.45, 7) is 21.1. The van der Waals surface area contributed by atoms with Crippen LogP contribution >= 0.6 is 0 Å². The fourth-order valence-corrected chi connectivity index (χ4v) is 3.08. The lowest BCUT2D eigenvalue weighted by Gasteiger charge is -2.01. The maximum atomic E-state index is 11.0. The average molecular weight is 751 g/mol. The van der Waals surface area contributed by atoms with E-state index in [1.54, 1.807) is 13.8 Å². The Labute approximate surface area is 324 Å². The second kappa shape index (κ2) is 55.0. The number of unbranched alkanes of at least 4 members (excludes halogenated alkanes) is 3. The molecule has 0 aliphatic heterocycles. The Bertz CT molecular complexity index is 975. The number of rotatable bonds is 24. The van der Waals surface area contributed by atoms with Crippen LogP contribution in [0.3, 0.4) is 0 Å². The van der Waals surface area contributed by atoms with Crippen molar-refractivity contribution in [2.24, 2.45) is 0 Å². The predicted octanol–water partition coefficient (Wildman–Crippen LogP) is 11.5. The van der Waals surface area contributed by atoms with Crippen LogP contribution in [0.2, 0.25) is 0 Å². The largest absolute Gasteiger partial charge is 0.465 e. The molecule has 308 valence electrons. The van der Waals surface area contributed by atoms with Gasteiger partial charge in [-0.25, -0.2) is 4.79 Å². The Morgan fingerprint density at radius 3 is 1.25 bits per heavy atom. The molecule has 0 unspecified atom stereocenters. The molecule has 0 saturated carbocycles. The minimum Gasteiger partial charge on any atom is -0.465 e. The van der Waals surface area contributed by atoms with Crippen molar-refractivity contribution in [3.63, 3.8) is 0 Å². The van der Waals surface area contributed by atoms with Gasteiger partial charge in [-0.3, -0.25) is 19.2 Å². The fraction of sp³-hybridized carbons (Fsp3) is 0.659. The van der Waals surface area contributed by atoms with Gasteiger partial charge >= 0.3 is 23.9 Å². The van der Waals surface area contributed by atoms with E-state index in [-0.39, 0.29) is 24.5 Å². The molecule has 0 atom stereocenters. The van der Waals surface area contributed by atoms with Gasteiger partial charge in [0.2, 0.25) is 5.78 Å². The summed E-state index contributed by atoms with van der Waals surface area (Å²) in [6, 6.07) is 0. The van der Waals surface area contributed by atoms with Crippen LogP contribution in [0.5, 0.6) is 0 Å². The highest BCUT2D eigenvalue weighted by atomic mass is 16.5. The molecule has 0 fully saturated rings. The number of Topliss-reactive ketones (excluding diaryl/α,β-unsaturated/α-hetero) is 1. The predicted molar refractivity (Wildman–Crippen MR) is 221 cm³/mol. The van der Waals surface area contributed by atoms with Crippen LogP contribution in [0, 0.1) is 0 Å². The molecule has 0 bridgehead atoms. The van der Waals surface area contributed by atoms with Crippen LogP contribution in [0.1, 0.15) is 166 Å². The summed E-state index contributed by atoms with van der Waals surface area (Å²) in [5.41, 5.74) is 0. The molecule has 0 aromatic rings. The lowest BCUT2D eigenvalue weighted by molar-refractivity contribution is -0.152. The van der Waals surface area contributed by atoms with E-state index in [0.717, 1.165) is 57.8 Å². The number of carbonyl (C=O) groups is 5. The highest BCUT2D eigenvalue weighted by Gasteiger charge is 2.06. The molecular weight excluding hydrogens is 672 g/mol. The number of hydrogen-bond donors (Lipinski definition) is 0. The number of carbonyl (C=O) groups excluding carboxylic acids is 5. The number of ketones is 1. The third-order valence-electron chi connectivity index (χ3n) is 6.07. The molecule has 9 nitrogen and oxygen atoms in total. The van der Waals surface area contributed by atoms with Crippen molar-refractivity contribution < 1.29 is 42.9 Å². The maximum Gasteiger partial charge on any atom is 0.374 e. The Morgan fingerprint density at radius 2 is 0.868 bits per heavy atom. The highest BCUT2D eigenvalue weighted by molar-refractivity contribution is 6.32. The lowest BCUT2D eigenvalue weighted by atomic mass is 10.2. The van der Waals surface area contributed by atoms with Crippen molar-refractivity contribution in [2.75, 3.05) is 26.4 Å². The van der Waals surface area contributed by atoms with Crippen molar-refractivity contribution in [1.29, 1.82) is 0 Å². The summed E-state index contributed by atoms with van der Waals surface area (Å²) in [7, 11) is 0. The first-order valence-electron chi connectivity index (χ1n) is 19.9. The van der Waals surface area contributed by atoms with Crippen molar-refractivity contribution in [1.82, 2.24) is 0 Å². The Hall–Kier alpha value is -3.75. The van der Waals surface area contributed by atoms with Crippen molar-refractivity contribution in [3.8, 4) is 0 Å². The summed E-state index contributed by atoms with van der Waals surface area (Å²) in [5.74, 6) is -1.61. The molecule has 0 aliphatic carbocycles. The van der Waals surface area contributed by atoms with E-state index in [1.165, 1.54) is 19.8 Å². The third-order valence-corrected chi connectivity index (χ3v) is 6.07. The van der Waals surface area contributed by atoms with Crippen LogP contribution in [0.4, 0.5) is 0 Å². The van der Waals surface area contributed by atoms with Crippen molar-refractivity contribution in [3.05, 3.63) is 60.8 Å². The summed E-state index contributed by atoms with van der Waals surface area (Å²) in [4.78, 5) is 53.1. The number of allylic oxidation sites excluding steroid dienone is 6. The zero-order chi connectivity index (χ0) is 41.2. The molecule has 0 spiro atoms. The van der Waals surface area contributed by atoms with Crippen molar-refractivity contribution in [2.45, 2.75) is 166 Å². The first-order chi connectivity index (χ1) is 25.5. The van der Waals surface area contributed by atoms with Gasteiger partial charge in [0.25, 0.3) is 0 Å². The van der Waals surface area contributed by atoms with Gasteiger partial charge in [0.05, 0.1) is 19.8 Å². The van der Waals surface area contributed by atoms with Gasteiger partial charge in [0.15, 0.2) is 0 Å². The van der Waals surface area contributed by atoms with E-state index in [1.807, 2.05) is 43.4 Å². The SMILES string of the molecule is C/C=C/CCC.CC/C=C\CCOC(=O)C(C)=O.CC/C=C\CCOC(=O)CC.CC/C=C\CCOC(=O)CCCC.CCC/C=C/COC(=O)CC. The lowest BCUT2D eigenvalue weighted by Crippen LogP contribution is -2.13. The van der Waals surface area contributed by atoms with Gasteiger partial charge < -0.3 is 18.9 Å². The minimum atomic E-state index is -0.750. The minimum absolute atomic E-state index is 0.0632. The Kier molecular flexibility index (Phi) is 60.8. The zero-order valence-electron chi connectivity index (χ0n) is 35.4. The molecule has 0 amide bonds. The molecule has 0 rings (SSSR count). The first-order valence-corrected chi connectivity index (χ1v) is 19.9. The van der Waals surface area contributed by atoms with E-state index in [0.29, 0.717) is 45.5 Å².